The van der Waals surface area contributed by atoms with Gasteiger partial charge in [0.05, 0.1) is 0 Å². The summed E-state index contributed by atoms with van der Waals surface area (Å²) < 4.78 is 0. The standard InChI is InChI=1S/C11H24N4O/c1-14(10(9-12)8-11(13)16)6-7-15-4-2-3-5-15/h10H,2-9,12H2,1H3,(H2,13,16). The average molecular weight is 228 g/mol. The lowest BCUT2D eigenvalue weighted by atomic mass is 10.2. The van der Waals surface area contributed by atoms with Crippen LogP contribution in [-0.4, -0.2) is 61.5 Å². The number of nitrogens with two attached hydrogens (primary N) is 2. The van der Waals surface area contributed by atoms with E-state index in [0.717, 1.165) is 13.1 Å². The van der Waals surface area contributed by atoms with Crippen LogP contribution in [0.3, 0.4) is 0 Å². The molecule has 4 N–H and O–H groups in total. The van der Waals surface area contributed by atoms with E-state index in [0.29, 0.717) is 13.0 Å². The first-order valence-corrected chi connectivity index (χ1v) is 6.04. The molecule has 1 aliphatic heterocycles. The molecule has 5 heteroatoms. The number of hydrogen-bond acceptors (Lipinski definition) is 4. The van der Waals surface area contributed by atoms with E-state index in [9.17, 15) is 4.79 Å². The van der Waals surface area contributed by atoms with Crippen LogP contribution in [0.5, 0.6) is 0 Å². The number of rotatable bonds is 7. The molecular weight excluding hydrogens is 204 g/mol. The highest BCUT2D eigenvalue weighted by Crippen LogP contribution is 2.07. The Bertz CT molecular complexity index is 216. The summed E-state index contributed by atoms with van der Waals surface area (Å²) in [5.74, 6) is -0.275. The van der Waals surface area contributed by atoms with Crippen molar-refractivity contribution in [1.29, 1.82) is 0 Å². The number of nitrogens with zero attached hydrogens (tertiary/aromatic N) is 2. The number of likely N-dealkylation sites (N-methyl/N-ethyl adjacent to an activating group) is 1. The van der Waals surface area contributed by atoms with Crippen molar-refractivity contribution in [2.24, 2.45) is 11.5 Å². The molecule has 0 bridgehead atoms. The van der Waals surface area contributed by atoms with E-state index >= 15 is 0 Å². The van der Waals surface area contributed by atoms with E-state index in [4.69, 9.17) is 11.5 Å². The normalized spacial score (nSPS) is 19.2. The summed E-state index contributed by atoms with van der Waals surface area (Å²) in [5.41, 5.74) is 10.8. The van der Waals surface area contributed by atoms with Crippen LogP contribution in [-0.2, 0) is 4.79 Å². The zero-order chi connectivity index (χ0) is 12.0. The van der Waals surface area contributed by atoms with E-state index < -0.39 is 0 Å². The second-order valence-electron chi connectivity index (χ2n) is 4.59. The van der Waals surface area contributed by atoms with Crippen molar-refractivity contribution in [2.45, 2.75) is 25.3 Å². The zero-order valence-electron chi connectivity index (χ0n) is 10.2. The summed E-state index contributed by atoms with van der Waals surface area (Å²) in [4.78, 5) is 15.5. The Morgan fingerprint density at radius 2 is 2.06 bits per heavy atom. The lowest BCUT2D eigenvalue weighted by molar-refractivity contribution is -0.119. The van der Waals surface area contributed by atoms with E-state index in [-0.39, 0.29) is 11.9 Å². The van der Waals surface area contributed by atoms with Crippen LogP contribution in [0.2, 0.25) is 0 Å². The largest absolute Gasteiger partial charge is 0.370 e. The molecule has 1 heterocycles. The molecule has 1 amide bonds. The predicted octanol–water partition coefficient (Wildman–Crippen LogP) is -0.783. The molecule has 0 aromatic rings. The van der Waals surface area contributed by atoms with E-state index in [2.05, 4.69) is 9.80 Å². The van der Waals surface area contributed by atoms with Crippen molar-refractivity contribution in [2.75, 3.05) is 39.8 Å². The summed E-state index contributed by atoms with van der Waals surface area (Å²) in [6.45, 7) is 4.91. The molecule has 1 atom stereocenters. The fraction of sp³-hybridized carbons (Fsp3) is 0.909. The van der Waals surface area contributed by atoms with Gasteiger partial charge in [-0.05, 0) is 33.0 Å². The summed E-state index contributed by atoms with van der Waals surface area (Å²) >= 11 is 0. The number of primary amides is 1. The molecule has 0 aliphatic carbocycles. The van der Waals surface area contributed by atoms with Crippen LogP contribution in [0.15, 0.2) is 0 Å². The molecule has 1 fully saturated rings. The quantitative estimate of drug-likeness (QED) is 0.599. The molecule has 0 aromatic carbocycles. The maximum atomic E-state index is 10.9. The van der Waals surface area contributed by atoms with Gasteiger partial charge in [-0.2, -0.15) is 0 Å². The van der Waals surface area contributed by atoms with Gasteiger partial charge in [0.15, 0.2) is 0 Å². The van der Waals surface area contributed by atoms with Gasteiger partial charge in [0.1, 0.15) is 0 Å². The predicted molar refractivity (Wildman–Crippen MR) is 65.0 cm³/mol. The summed E-state index contributed by atoms with van der Waals surface area (Å²) in [7, 11) is 2.01. The average Bonchev–Trinajstić information content (AvgIpc) is 2.75. The molecule has 16 heavy (non-hydrogen) atoms. The smallest absolute Gasteiger partial charge is 0.219 e. The Hall–Kier alpha value is -0.650. The molecular formula is C11H24N4O. The topological polar surface area (TPSA) is 75.6 Å². The van der Waals surface area contributed by atoms with Crippen molar-refractivity contribution in [3.05, 3.63) is 0 Å². The van der Waals surface area contributed by atoms with Crippen molar-refractivity contribution < 1.29 is 4.79 Å². The first-order chi connectivity index (χ1) is 7.63. The van der Waals surface area contributed by atoms with Crippen molar-refractivity contribution in [3.8, 4) is 0 Å². The Morgan fingerprint density at radius 3 is 2.56 bits per heavy atom. The number of likely N-dealkylation sites (tertiary alicyclic amines) is 1. The summed E-state index contributed by atoms with van der Waals surface area (Å²) in [6.07, 6.45) is 2.98. The van der Waals surface area contributed by atoms with Crippen molar-refractivity contribution >= 4 is 5.91 Å². The van der Waals surface area contributed by atoms with Gasteiger partial charge in [-0.1, -0.05) is 0 Å². The highest BCUT2D eigenvalue weighted by atomic mass is 16.1. The molecule has 0 aromatic heterocycles. The minimum Gasteiger partial charge on any atom is -0.370 e. The monoisotopic (exact) mass is 228 g/mol. The summed E-state index contributed by atoms with van der Waals surface area (Å²) in [6, 6.07) is 0.0834. The van der Waals surface area contributed by atoms with Crippen LogP contribution in [0.25, 0.3) is 0 Å². The third-order valence-corrected chi connectivity index (χ3v) is 3.30. The maximum Gasteiger partial charge on any atom is 0.219 e. The Balaban J connectivity index is 2.24. The number of hydrogen-bond donors (Lipinski definition) is 2. The van der Waals surface area contributed by atoms with Gasteiger partial charge in [-0.15, -0.1) is 0 Å². The van der Waals surface area contributed by atoms with E-state index in [1.165, 1.54) is 25.9 Å². The van der Waals surface area contributed by atoms with Gasteiger partial charge in [0.2, 0.25) is 5.91 Å². The van der Waals surface area contributed by atoms with Gasteiger partial charge < -0.3 is 21.3 Å². The van der Waals surface area contributed by atoms with Crippen LogP contribution in [0, 0.1) is 0 Å². The lowest BCUT2D eigenvalue weighted by Gasteiger charge is -2.27. The SMILES string of the molecule is CN(CCN1CCCC1)C(CN)CC(N)=O. The molecule has 1 aliphatic rings. The Kier molecular flexibility index (Phi) is 5.73. The third kappa shape index (κ3) is 4.47. The van der Waals surface area contributed by atoms with Gasteiger partial charge >= 0.3 is 0 Å². The molecule has 0 radical (unpaired) electrons. The zero-order valence-corrected chi connectivity index (χ0v) is 10.2. The summed E-state index contributed by atoms with van der Waals surface area (Å²) in [5, 5.41) is 0. The van der Waals surface area contributed by atoms with E-state index in [1.807, 2.05) is 7.05 Å². The first kappa shape index (κ1) is 13.4. The molecule has 1 rings (SSSR count). The molecule has 5 nitrogen and oxygen atoms in total. The van der Waals surface area contributed by atoms with Crippen molar-refractivity contribution in [1.82, 2.24) is 9.80 Å². The number of carbonyl (C=O) groups is 1. The van der Waals surface area contributed by atoms with Crippen LogP contribution in [0.4, 0.5) is 0 Å². The maximum absolute atomic E-state index is 10.9. The first-order valence-electron chi connectivity index (χ1n) is 6.04. The highest BCUT2D eigenvalue weighted by Gasteiger charge is 2.17. The lowest BCUT2D eigenvalue weighted by Crippen LogP contribution is -2.43. The minimum absolute atomic E-state index is 0.0834. The Labute approximate surface area is 97.7 Å². The molecule has 94 valence electrons. The fourth-order valence-electron chi connectivity index (χ4n) is 2.14. The second kappa shape index (κ2) is 6.83. The number of amides is 1. The highest BCUT2D eigenvalue weighted by molar-refractivity contribution is 5.74. The van der Waals surface area contributed by atoms with Crippen LogP contribution in [0.1, 0.15) is 19.3 Å². The fourth-order valence-corrected chi connectivity index (χ4v) is 2.14. The molecule has 1 unspecified atom stereocenters. The van der Waals surface area contributed by atoms with E-state index in [1.54, 1.807) is 0 Å². The van der Waals surface area contributed by atoms with Crippen LogP contribution >= 0.6 is 0 Å². The van der Waals surface area contributed by atoms with Gasteiger partial charge in [-0.25, -0.2) is 0 Å². The van der Waals surface area contributed by atoms with Gasteiger partial charge in [0, 0.05) is 32.1 Å². The van der Waals surface area contributed by atoms with Crippen molar-refractivity contribution in [3.63, 3.8) is 0 Å². The third-order valence-electron chi connectivity index (χ3n) is 3.30. The minimum atomic E-state index is -0.275. The number of carbonyl (C=O) groups excluding carboxylic acids is 1. The molecule has 0 spiro atoms. The van der Waals surface area contributed by atoms with Crippen LogP contribution < -0.4 is 11.5 Å². The second-order valence-corrected chi connectivity index (χ2v) is 4.59. The molecule has 1 saturated heterocycles. The molecule has 0 saturated carbocycles. The van der Waals surface area contributed by atoms with Gasteiger partial charge in [-0.3, -0.25) is 4.79 Å². The Morgan fingerprint density at radius 1 is 1.44 bits per heavy atom. The van der Waals surface area contributed by atoms with Gasteiger partial charge in [0.25, 0.3) is 0 Å².